The number of non-ortho nitro benzene ring substituents is 1. The van der Waals surface area contributed by atoms with Gasteiger partial charge in [-0.3, -0.25) is 10.1 Å². The first-order valence-corrected chi connectivity index (χ1v) is 6.63. The minimum Gasteiger partial charge on any atom is -0.466 e. The SMILES string of the molecule is COC(=O)/C=C(/c1ccc([N+](=O)[O-])cc1)c1ccccc1C. The quantitative estimate of drug-likeness (QED) is 0.375. The van der Waals surface area contributed by atoms with Crippen molar-refractivity contribution in [3.05, 3.63) is 81.4 Å². The maximum absolute atomic E-state index is 11.6. The van der Waals surface area contributed by atoms with Gasteiger partial charge in [-0.15, -0.1) is 0 Å². The molecule has 0 fully saturated rings. The number of nitro benzene ring substituents is 1. The highest BCUT2D eigenvalue weighted by Crippen LogP contribution is 2.27. The first-order chi connectivity index (χ1) is 10.5. The molecule has 0 atom stereocenters. The van der Waals surface area contributed by atoms with E-state index in [2.05, 4.69) is 0 Å². The number of hydrogen-bond acceptors (Lipinski definition) is 4. The van der Waals surface area contributed by atoms with Gasteiger partial charge in [-0.1, -0.05) is 24.3 Å². The second kappa shape index (κ2) is 6.67. The van der Waals surface area contributed by atoms with Crippen LogP contribution in [0.2, 0.25) is 0 Å². The van der Waals surface area contributed by atoms with Gasteiger partial charge in [0.1, 0.15) is 0 Å². The summed E-state index contributed by atoms with van der Waals surface area (Å²) in [7, 11) is 1.31. The van der Waals surface area contributed by atoms with Crippen LogP contribution in [-0.2, 0) is 9.53 Å². The topological polar surface area (TPSA) is 69.4 Å². The molecule has 0 N–H and O–H groups in total. The van der Waals surface area contributed by atoms with Gasteiger partial charge in [0.2, 0.25) is 0 Å². The molecule has 0 aliphatic rings. The molecule has 0 radical (unpaired) electrons. The van der Waals surface area contributed by atoms with E-state index in [0.717, 1.165) is 11.1 Å². The number of rotatable bonds is 4. The Hall–Kier alpha value is -2.95. The van der Waals surface area contributed by atoms with Crippen LogP contribution in [0, 0.1) is 17.0 Å². The summed E-state index contributed by atoms with van der Waals surface area (Å²) >= 11 is 0. The maximum Gasteiger partial charge on any atom is 0.331 e. The van der Waals surface area contributed by atoms with Crippen molar-refractivity contribution in [2.75, 3.05) is 7.11 Å². The third-order valence-electron chi connectivity index (χ3n) is 3.29. The Kier molecular flexibility index (Phi) is 4.68. The van der Waals surface area contributed by atoms with Crippen LogP contribution in [0.25, 0.3) is 5.57 Å². The smallest absolute Gasteiger partial charge is 0.331 e. The number of aryl methyl sites for hydroxylation is 1. The number of ether oxygens (including phenoxy) is 1. The number of benzene rings is 2. The predicted octanol–water partition coefficient (Wildman–Crippen LogP) is 3.51. The molecule has 0 amide bonds. The Morgan fingerprint density at radius 2 is 1.77 bits per heavy atom. The van der Waals surface area contributed by atoms with Gasteiger partial charge < -0.3 is 4.74 Å². The number of nitrogens with zero attached hydrogens (tertiary/aromatic N) is 1. The zero-order valence-electron chi connectivity index (χ0n) is 12.3. The molecular formula is C17H15NO4. The first kappa shape index (κ1) is 15.4. The summed E-state index contributed by atoms with van der Waals surface area (Å²) in [6, 6.07) is 13.7. The van der Waals surface area contributed by atoms with Crippen LogP contribution in [0.4, 0.5) is 5.69 Å². The van der Waals surface area contributed by atoms with Crippen LogP contribution in [0.15, 0.2) is 54.6 Å². The normalized spacial score (nSPS) is 11.1. The lowest BCUT2D eigenvalue weighted by atomic mass is 9.94. The van der Waals surface area contributed by atoms with Crippen molar-refractivity contribution in [1.82, 2.24) is 0 Å². The van der Waals surface area contributed by atoms with E-state index >= 15 is 0 Å². The molecule has 0 unspecified atom stereocenters. The third-order valence-corrected chi connectivity index (χ3v) is 3.29. The summed E-state index contributed by atoms with van der Waals surface area (Å²) < 4.78 is 4.70. The highest BCUT2D eigenvalue weighted by Gasteiger charge is 2.12. The molecule has 2 aromatic rings. The predicted molar refractivity (Wildman–Crippen MR) is 83.4 cm³/mol. The average Bonchev–Trinajstić information content (AvgIpc) is 2.53. The molecule has 22 heavy (non-hydrogen) atoms. The zero-order valence-corrected chi connectivity index (χ0v) is 12.3. The fourth-order valence-electron chi connectivity index (χ4n) is 2.13. The fraction of sp³-hybridized carbons (Fsp3) is 0.118. The van der Waals surface area contributed by atoms with Gasteiger partial charge in [0.25, 0.3) is 5.69 Å². The van der Waals surface area contributed by atoms with E-state index in [1.165, 1.54) is 25.3 Å². The largest absolute Gasteiger partial charge is 0.466 e. The van der Waals surface area contributed by atoms with Crippen molar-refractivity contribution in [3.63, 3.8) is 0 Å². The zero-order chi connectivity index (χ0) is 16.1. The van der Waals surface area contributed by atoms with Crippen LogP contribution in [-0.4, -0.2) is 18.0 Å². The second-order valence-corrected chi connectivity index (χ2v) is 4.70. The highest BCUT2D eigenvalue weighted by molar-refractivity contribution is 5.96. The summed E-state index contributed by atoms with van der Waals surface area (Å²) in [6.45, 7) is 1.94. The van der Waals surface area contributed by atoms with Crippen molar-refractivity contribution in [2.24, 2.45) is 0 Å². The third kappa shape index (κ3) is 3.38. The highest BCUT2D eigenvalue weighted by atomic mass is 16.6. The minimum atomic E-state index is -0.475. The summed E-state index contributed by atoms with van der Waals surface area (Å²) in [5.74, 6) is -0.475. The van der Waals surface area contributed by atoms with E-state index in [1.807, 2.05) is 31.2 Å². The van der Waals surface area contributed by atoms with Crippen molar-refractivity contribution in [1.29, 1.82) is 0 Å². The molecule has 0 saturated heterocycles. The summed E-state index contributed by atoms with van der Waals surface area (Å²) in [5.41, 5.74) is 3.26. The Balaban J connectivity index is 2.54. The Morgan fingerprint density at radius 3 is 2.32 bits per heavy atom. The van der Waals surface area contributed by atoms with Gasteiger partial charge >= 0.3 is 5.97 Å². The number of hydrogen-bond donors (Lipinski definition) is 0. The van der Waals surface area contributed by atoms with Gasteiger partial charge in [-0.25, -0.2) is 4.79 Å². The average molecular weight is 297 g/mol. The van der Waals surface area contributed by atoms with Crippen LogP contribution in [0.5, 0.6) is 0 Å². The van der Waals surface area contributed by atoms with Crippen molar-refractivity contribution >= 4 is 17.2 Å². The fourth-order valence-corrected chi connectivity index (χ4v) is 2.13. The van der Waals surface area contributed by atoms with Crippen LogP contribution < -0.4 is 0 Å². The van der Waals surface area contributed by atoms with Gasteiger partial charge in [-0.2, -0.15) is 0 Å². The molecule has 0 aliphatic heterocycles. The molecule has 0 saturated carbocycles. The van der Waals surface area contributed by atoms with E-state index in [9.17, 15) is 14.9 Å². The number of carbonyl (C=O) groups excluding carboxylic acids is 1. The van der Waals surface area contributed by atoms with Crippen molar-refractivity contribution < 1.29 is 14.5 Å². The molecular weight excluding hydrogens is 282 g/mol. The van der Waals surface area contributed by atoms with Crippen LogP contribution >= 0.6 is 0 Å². The number of nitro groups is 1. The van der Waals surface area contributed by atoms with Crippen molar-refractivity contribution in [3.8, 4) is 0 Å². The standard InChI is InChI=1S/C17H15NO4/c1-12-5-3-4-6-15(12)16(11-17(19)22-2)13-7-9-14(10-8-13)18(20)21/h3-11H,1-2H3/b16-11-. The van der Waals surface area contributed by atoms with Gasteiger partial charge in [0.05, 0.1) is 12.0 Å². The van der Waals surface area contributed by atoms with Crippen LogP contribution in [0.1, 0.15) is 16.7 Å². The second-order valence-electron chi connectivity index (χ2n) is 4.70. The van der Waals surface area contributed by atoms with Gasteiger partial charge in [-0.05, 0) is 41.3 Å². The monoisotopic (exact) mass is 297 g/mol. The van der Waals surface area contributed by atoms with Crippen molar-refractivity contribution in [2.45, 2.75) is 6.92 Å². The molecule has 2 rings (SSSR count). The lowest BCUT2D eigenvalue weighted by Gasteiger charge is -2.11. The lowest BCUT2D eigenvalue weighted by molar-refractivity contribution is -0.384. The Labute approximate surface area is 128 Å². The van der Waals surface area contributed by atoms with E-state index < -0.39 is 10.9 Å². The molecule has 0 aromatic heterocycles. The summed E-state index contributed by atoms with van der Waals surface area (Å²) in [5, 5.41) is 10.7. The number of esters is 1. The molecule has 2 aromatic carbocycles. The Morgan fingerprint density at radius 1 is 1.14 bits per heavy atom. The molecule has 112 valence electrons. The molecule has 5 heteroatoms. The molecule has 0 spiro atoms. The minimum absolute atomic E-state index is 0.00551. The van der Waals surface area contributed by atoms with E-state index in [4.69, 9.17) is 4.74 Å². The van der Waals surface area contributed by atoms with Gasteiger partial charge in [0.15, 0.2) is 0 Å². The summed E-state index contributed by atoms with van der Waals surface area (Å²) in [4.78, 5) is 21.9. The van der Waals surface area contributed by atoms with Crippen LogP contribution in [0.3, 0.4) is 0 Å². The first-order valence-electron chi connectivity index (χ1n) is 6.63. The lowest BCUT2D eigenvalue weighted by Crippen LogP contribution is -2.00. The maximum atomic E-state index is 11.6. The molecule has 5 nitrogen and oxygen atoms in total. The summed E-state index contributed by atoms with van der Waals surface area (Å²) in [6.07, 6.45) is 1.39. The Bertz CT molecular complexity index is 733. The van der Waals surface area contributed by atoms with E-state index in [0.29, 0.717) is 11.1 Å². The number of carbonyl (C=O) groups is 1. The molecule has 0 heterocycles. The van der Waals surface area contributed by atoms with E-state index in [-0.39, 0.29) is 5.69 Å². The number of methoxy groups -OCH3 is 1. The molecule has 0 aliphatic carbocycles. The van der Waals surface area contributed by atoms with Gasteiger partial charge in [0, 0.05) is 18.2 Å². The van der Waals surface area contributed by atoms with E-state index in [1.54, 1.807) is 12.1 Å². The molecule has 0 bridgehead atoms.